The van der Waals surface area contributed by atoms with Crippen molar-refractivity contribution in [1.29, 1.82) is 0 Å². The van der Waals surface area contributed by atoms with Crippen molar-refractivity contribution in [2.75, 3.05) is 27.2 Å². The fourth-order valence-corrected chi connectivity index (χ4v) is 2.71. The van der Waals surface area contributed by atoms with Gasteiger partial charge in [-0.15, -0.1) is 0 Å². The molecule has 0 saturated carbocycles. The van der Waals surface area contributed by atoms with Gasteiger partial charge in [0.2, 0.25) is 11.8 Å². The Balaban J connectivity index is 2.08. The van der Waals surface area contributed by atoms with Crippen LogP contribution in [0.25, 0.3) is 0 Å². The molecule has 94 valence electrons. The van der Waals surface area contributed by atoms with Gasteiger partial charge >= 0.3 is 0 Å². The van der Waals surface area contributed by atoms with Gasteiger partial charge in [-0.05, 0) is 12.8 Å². The highest BCUT2D eigenvalue weighted by Crippen LogP contribution is 2.38. The van der Waals surface area contributed by atoms with E-state index in [0.29, 0.717) is 24.4 Å². The number of halogens is 1. The van der Waals surface area contributed by atoms with E-state index in [0.717, 1.165) is 6.54 Å². The fourth-order valence-electron chi connectivity index (χ4n) is 2.45. The molecule has 4 nitrogen and oxygen atoms in total. The molecule has 0 spiro atoms. The number of carbonyl (C=O) groups is 2. The standard InChI is InChI=1S/C12H17ClN2O2/c1-14(2)5-6-15-11(16)9-4-3-8(13)7-10(9)12(15)17/h3,9-10H,4-7H2,1-2H3/p+1/t9-,10+/m0/s1. The predicted octanol–water partition coefficient (Wildman–Crippen LogP) is -0.351. The second-order valence-corrected chi connectivity index (χ2v) is 5.57. The molecule has 17 heavy (non-hydrogen) atoms. The number of likely N-dealkylation sites (tertiary alicyclic amines) is 1. The summed E-state index contributed by atoms with van der Waals surface area (Å²) in [6.07, 6.45) is 3.01. The Kier molecular flexibility index (Phi) is 3.54. The molecule has 5 heteroatoms. The van der Waals surface area contributed by atoms with Crippen LogP contribution in [0.4, 0.5) is 0 Å². The van der Waals surface area contributed by atoms with Crippen molar-refractivity contribution in [1.82, 2.24) is 4.90 Å². The average Bonchev–Trinajstić information content (AvgIpc) is 2.49. The van der Waals surface area contributed by atoms with E-state index in [1.807, 2.05) is 20.2 Å². The quantitative estimate of drug-likeness (QED) is 0.703. The molecule has 1 heterocycles. The van der Waals surface area contributed by atoms with Crippen molar-refractivity contribution >= 4 is 23.4 Å². The molecule has 0 aromatic carbocycles. The van der Waals surface area contributed by atoms with Gasteiger partial charge in [0.1, 0.15) is 0 Å². The third-order valence-electron chi connectivity index (χ3n) is 3.50. The number of hydrogen-bond donors (Lipinski definition) is 1. The maximum atomic E-state index is 12.1. The number of carbonyl (C=O) groups excluding carboxylic acids is 2. The Morgan fingerprint density at radius 1 is 1.35 bits per heavy atom. The summed E-state index contributed by atoms with van der Waals surface area (Å²) < 4.78 is 0. The summed E-state index contributed by atoms with van der Waals surface area (Å²) in [6.45, 7) is 1.31. The number of rotatable bonds is 3. The Bertz CT molecular complexity index is 379. The first-order valence-electron chi connectivity index (χ1n) is 5.99. The van der Waals surface area contributed by atoms with Crippen LogP contribution in [0.15, 0.2) is 11.1 Å². The second-order valence-electron chi connectivity index (χ2n) is 5.09. The molecule has 0 aromatic heterocycles. The smallest absolute Gasteiger partial charge is 0.233 e. The van der Waals surface area contributed by atoms with E-state index >= 15 is 0 Å². The lowest BCUT2D eigenvalue weighted by atomic mass is 9.85. The van der Waals surface area contributed by atoms with Gasteiger partial charge in [0.25, 0.3) is 0 Å². The predicted molar refractivity (Wildman–Crippen MR) is 64.5 cm³/mol. The van der Waals surface area contributed by atoms with Crippen molar-refractivity contribution in [3.8, 4) is 0 Å². The highest BCUT2D eigenvalue weighted by Gasteiger charge is 2.48. The van der Waals surface area contributed by atoms with Crippen molar-refractivity contribution in [2.45, 2.75) is 12.8 Å². The number of allylic oxidation sites excluding steroid dienone is 2. The van der Waals surface area contributed by atoms with Gasteiger partial charge in [0.05, 0.1) is 39.0 Å². The highest BCUT2D eigenvalue weighted by molar-refractivity contribution is 6.30. The lowest BCUT2D eigenvalue weighted by Gasteiger charge is -2.17. The van der Waals surface area contributed by atoms with Gasteiger partial charge in [-0.25, -0.2) is 0 Å². The molecule has 1 aliphatic heterocycles. The Hall–Kier alpha value is -0.870. The van der Waals surface area contributed by atoms with E-state index < -0.39 is 0 Å². The first-order chi connectivity index (χ1) is 8.00. The monoisotopic (exact) mass is 257 g/mol. The molecule has 2 rings (SSSR count). The summed E-state index contributed by atoms with van der Waals surface area (Å²) in [5.74, 6) is -0.423. The molecule has 2 atom stereocenters. The fraction of sp³-hybridized carbons (Fsp3) is 0.667. The van der Waals surface area contributed by atoms with Crippen LogP contribution in [-0.2, 0) is 9.59 Å². The number of amides is 2. The number of fused-ring (bicyclic) bond motifs is 1. The number of nitrogens with one attached hydrogen (secondary N) is 1. The summed E-state index contributed by atoms with van der Waals surface area (Å²) in [5.41, 5.74) is 0. The van der Waals surface area contributed by atoms with E-state index in [1.165, 1.54) is 9.80 Å². The minimum atomic E-state index is -0.211. The zero-order chi connectivity index (χ0) is 12.6. The molecular formula is C12H18ClN2O2+. The van der Waals surface area contributed by atoms with E-state index in [-0.39, 0.29) is 23.7 Å². The van der Waals surface area contributed by atoms with Crippen LogP contribution in [0, 0.1) is 11.8 Å². The van der Waals surface area contributed by atoms with Gasteiger partial charge in [-0.1, -0.05) is 17.7 Å². The largest absolute Gasteiger partial charge is 0.338 e. The third kappa shape index (κ3) is 2.38. The number of hydrogen-bond acceptors (Lipinski definition) is 2. The SMILES string of the molecule is C[NH+](C)CCN1C(=O)[C@H]2CC=C(Cl)C[C@H]2C1=O. The zero-order valence-electron chi connectivity index (χ0n) is 10.2. The lowest BCUT2D eigenvalue weighted by molar-refractivity contribution is -0.857. The Labute approximate surface area is 106 Å². The van der Waals surface area contributed by atoms with E-state index in [4.69, 9.17) is 11.6 Å². The van der Waals surface area contributed by atoms with Crippen molar-refractivity contribution in [3.05, 3.63) is 11.1 Å². The number of nitrogens with zero attached hydrogens (tertiary/aromatic N) is 1. The minimum absolute atomic E-state index is 0.0123. The van der Waals surface area contributed by atoms with Crippen LogP contribution >= 0.6 is 11.6 Å². The molecule has 1 fully saturated rings. The van der Waals surface area contributed by atoms with Gasteiger partial charge in [-0.3, -0.25) is 14.5 Å². The molecule has 1 aliphatic carbocycles. The molecule has 1 N–H and O–H groups in total. The van der Waals surface area contributed by atoms with Gasteiger partial charge in [0, 0.05) is 5.03 Å². The summed E-state index contributed by atoms with van der Waals surface area (Å²) >= 11 is 5.95. The zero-order valence-corrected chi connectivity index (χ0v) is 11.0. The van der Waals surface area contributed by atoms with Crippen LogP contribution in [0.5, 0.6) is 0 Å². The molecular weight excluding hydrogens is 240 g/mol. The number of imide groups is 1. The highest BCUT2D eigenvalue weighted by atomic mass is 35.5. The average molecular weight is 258 g/mol. The molecule has 0 unspecified atom stereocenters. The molecule has 2 amide bonds. The molecule has 2 aliphatic rings. The van der Waals surface area contributed by atoms with Gasteiger partial charge in [0.15, 0.2) is 0 Å². The topological polar surface area (TPSA) is 41.8 Å². The minimum Gasteiger partial charge on any atom is -0.338 e. The summed E-state index contributed by atoms with van der Waals surface area (Å²) in [7, 11) is 4.02. The van der Waals surface area contributed by atoms with Crippen molar-refractivity contribution in [3.63, 3.8) is 0 Å². The maximum Gasteiger partial charge on any atom is 0.233 e. The van der Waals surface area contributed by atoms with E-state index in [9.17, 15) is 9.59 Å². The molecule has 0 radical (unpaired) electrons. The van der Waals surface area contributed by atoms with Crippen molar-refractivity contribution < 1.29 is 14.5 Å². The Morgan fingerprint density at radius 3 is 2.65 bits per heavy atom. The molecule has 0 aromatic rings. The van der Waals surface area contributed by atoms with Crippen molar-refractivity contribution in [2.24, 2.45) is 11.8 Å². The summed E-state index contributed by atoms with van der Waals surface area (Å²) in [6, 6.07) is 0. The number of quaternary nitrogens is 1. The van der Waals surface area contributed by atoms with Crippen LogP contribution < -0.4 is 4.90 Å². The van der Waals surface area contributed by atoms with E-state index in [1.54, 1.807) is 0 Å². The molecule has 0 bridgehead atoms. The van der Waals surface area contributed by atoms with E-state index in [2.05, 4.69) is 0 Å². The maximum absolute atomic E-state index is 12.1. The normalized spacial score (nSPS) is 28.7. The number of likely N-dealkylation sites (N-methyl/N-ethyl adjacent to an activating group) is 1. The van der Waals surface area contributed by atoms with Crippen LogP contribution in [-0.4, -0.2) is 43.9 Å². The lowest BCUT2D eigenvalue weighted by Crippen LogP contribution is -3.06. The van der Waals surface area contributed by atoms with Gasteiger partial charge in [-0.2, -0.15) is 0 Å². The second kappa shape index (κ2) is 4.78. The van der Waals surface area contributed by atoms with Crippen LogP contribution in [0.3, 0.4) is 0 Å². The van der Waals surface area contributed by atoms with Crippen LogP contribution in [0.2, 0.25) is 0 Å². The molecule has 1 saturated heterocycles. The van der Waals surface area contributed by atoms with Gasteiger partial charge < -0.3 is 4.90 Å². The first-order valence-corrected chi connectivity index (χ1v) is 6.37. The summed E-state index contributed by atoms with van der Waals surface area (Å²) in [5, 5.41) is 0.715. The first kappa shape index (κ1) is 12.6. The Morgan fingerprint density at radius 2 is 2.00 bits per heavy atom. The summed E-state index contributed by atoms with van der Waals surface area (Å²) in [4.78, 5) is 26.9. The van der Waals surface area contributed by atoms with Crippen LogP contribution in [0.1, 0.15) is 12.8 Å². The third-order valence-corrected chi connectivity index (χ3v) is 3.80.